The molecule has 0 bridgehead atoms. The summed E-state index contributed by atoms with van der Waals surface area (Å²) in [6, 6.07) is 8.06. The monoisotopic (exact) mass is 380 g/mol. The van der Waals surface area contributed by atoms with Gasteiger partial charge in [-0.15, -0.1) is 10.2 Å². The van der Waals surface area contributed by atoms with Crippen molar-refractivity contribution in [2.45, 2.75) is 37.6 Å². The van der Waals surface area contributed by atoms with Gasteiger partial charge in [-0.3, -0.25) is 4.79 Å². The van der Waals surface area contributed by atoms with Crippen LogP contribution in [0, 0.1) is 6.92 Å². The molecule has 6 nitrogen and oxygen atoms in total. The largest absolute Gasteiger partial charge is 0.379 e. The van der Waals surface area contributed by atoms with Crippen molar-refractivity contribution in [3.05, 3.63) is 29.8 Å². The van der Waals surface area contributed by atoms with Crippen LogP contribution in [0.15, 0.2) is 28.6 Å². The van der Waals surface area contributed by atoms with Crippen molar-refractivity contribution in [3.8, 4) is 0 Å². The highest BCUT2D eigenvalue weighted by atomic mass is 32.2. The Morgan fingerprint density at radius 3 is 2.96 bits per heavy atom. The first kappa shape index (κ1) is 19.7. The minimum atomic E-state index is -0.00191. The lowest BCUT2D eigenvalue weighted by molar-refractivity contribution is -0.118. The van der Waals surface area contributed by atoms with Gasteiger partial charge in [0.15, 0.2) is 4.34 Å². The third-order valence-corrected chi connectivity index (χ3v) is 5.07. The fourth-order valence-electron chi connectivity index (χ4n) is 1.96. The average molecular weight is 381 g/mol. The van der Waals surface area contributed by atoms with Crippen LogP contribution in [-0.2, 0) is 9.53 Å². The van der Waals surface area contributed by atoms with E-state index < -0.39 is 0 Å². The molecule has 2 N–H and O–H groups in total. The third kappa shape index (κ3) is 7.85. The highest BCUT2D eigenvalue weighted by Crippen LogP contribution is 2.27. The number of carbonyl (C=O) groups excluding carboxylic acids is 1. The van der Waals surface area contributed by atoms with Crippen LogP contribution in [0.5, 0.6) is 0 Å². The molecule has 1 heterocycles. The summed E-state index contributed by atoms with van der Waals surface area (Å²) in [6.07, 6.45) is 1.05. The van der Waals surface area contributed by atoms with E-state index >= 15 is 0 Å². The van der Waals surface area contributed by atoms with E-state index in [0.29, 0.717) is 18.9 Å². The lowest BCUT2D eigenvalue weighted by atomic mass is 10.2. The average Bonchev–Trinajstić information content (AvgIpc) is 3.00. The van der Waals surface area contributed by atoms with Crippen molar-refractivity contribution in [2.75, 3.05) is 24.2 Å². The molecule has 1 aromatic heterocycles. The van der Waals surface area contributed by atoms with Crippen molar-refractivity contribution in [1.82, 2.24) is 15.5 Å². The molecule has 0 spiro atoms. The molecule has 0 aliphatic heterocycles. The zero-order valence-corrected chi connectivity index (χ0v) is 16.4. The highest BCUT2D eigenvalue weighted by Gasteiger charge is 2.08. The Balaban J connectivity index is 1.68. The van der Waals surface area contributed by atoms with Gasteiger partial charge in [0.25, 0.3) is 0 Å². The number of aromatic nitrogens is 2. The van der Waals surface area contributed by atoms with E-state index in [1.54, 1.807) is 0 Å². The summed E-state index contributed by atoms with van der Waals surface area (Å²) < 4.78 is 6.20. The second kappa shape index (κ2) is 10.4. The number of thioether (sulfide) groups is 1. The molecule has 0 saturated heterocycles. The van der Waals surface area contributed by atoms with Crippen molar-refractivity contribution in [3.63, 3.8) is 0 Å². The lowest BCUT2D eigenvalue weighted by Crippen LogP contribution is -2.27. The number of nitrogens with zero attached hydrogens (tertiary/aromatic N) is 2. The zero-order chi connectivity index (χ0) is 18.1. The Bertz CT molecular complexity index is 676. The molecular formula is C17H24N4O2S2. The normalized spacial score (nSPS) is 10.9. The van der Waals surface area contributed by atoms with E-state index in [0.717, 1.165) is 21.6 Å². The van der Waals surface area contributed by atoms with E-state index in [1.165, 1.54) is 28.7 Å². The molecule has 1 aromatic carbocycles. The van der Waals surface area contributed by atoms with Gasteiger partial charge < -0.3 is 15.4 Å². The zero-order valence-electron chi connectivity index (χ0n) is 14.7. The maximum Gasteiger partial charge on any atom is 0.230 e. The highest BCUT2D eigenvalue weighted by molar-refractivity contribution is 8.01. The second-order valence-corrected chi connectivity index (χ2v) is 7.98. The first-order valence-electron chi connectivity index (χ1n) is 8.21. The lowest BCUT2D eigenvalue weighted by Gasteiger charge is -2.07. The maximum atomic E-state index is 11.8. The molecule has 0 aliphatic carbocycles. The molecule has 0 aliphatic rings. The Hall–Kier alpha value is -1.64. The fraction of sp³-hybridized carbons (Fsp3) is 0.471. The van der Waals surface area contributed by atoms with Crippen molar-refractivity contribution >= 4 is 39.8 Å². The number of anilines is 2. The molecular weight excluding hydrogens is 356 g/mol. The number of rotatable bonds is 10. The molecule has 2 rings (SSSR count). The van der Waals surface area contributed by atoms with Gasteiger partial charge in [-0.25, -0.2) is 0 Å². The molecule has 136 valence electrons. The van der Waals surface area contributed by atoms with Gasteiger partial charge in [0.1, 0.15) is 0 Å². The molecule has 1 amide bonds. The number of amides is 1. The van der Waals surface area contributed by atoms with Crippen molar-refractivity contribution < 1.29 is 9.53 Å². The van der Waals surface area contributed by atoms with Crippen molar-refractivity contribution in [1.29, 1.82) is 0 Å². The van der Waals surface area contributed by atoms with E-state index in [4.69, 9.17) is 4.74 Å². The van der Waals surface area contributed by atoms with E-state index in [-0.39, 0.29) is 12.0 Å². The summed E-state index contributed by atoms with van der Waals surface area (Å²) in [4.78, 5) is 11.8. The summed E-state index contributed by atoms with van der Waals surface area (Å²) in [6.45, 7) is 7.33. The number of benzene rings is 1. The summed E-state index contributed by atoms with van der Waals surface area (Å²) >= 11 is 2.83. The molecule has 2 aromatic rings. The van der Waals surface area contributed by atoms with Gasteiger partial charge >= 0.3 is 0 Å². The number of carbonyl (C=O) groups is 1. The predicted octanol–water partition coefficient (Wildman–Crippen LogP) is 3.61. The minimum Gasteiger partial charge on any atom is -0.379 e. The quantitative estimate of drug-likeness (QED) is 0.484. The number of aryl methyl sites for hydroxylation is 1. The molecule has 8 heteroatoms. The van der Waals surface area contributed by atoms with Gasteiger partial charge in [-0.05, 0) is 44.9 Å². The van der Waals surface area contributed by atoms with Crippen LogP contribution in [0.4, 0.5) is 10.8 Å². The van der Waals surface area contributed by atoms with Crippen LogP contribution >= 0.6 is 23.1 Å². The molecule has 25 heavy (non-hydrogen) atoms. The van der Waals surface area contributed by atoms with Gasteiger partial charge in [-0.1, -0.05) is 35.2 Å². The predicted molar refractivity (Wildman–Crippen MR) is 104 cm³/mol. The van der Waals surface area contributed by atoms with Crippen LogP contribution < -0.4 is 10.6 Å². The summed E-state index contributed by atoms with van der Waals surface area (Å²) in [5.41, 5.74) is 2.16. The van der Waals surface area contributed by atoms with Crippen LogP contribution in [-0.4, -0.2) is 41.1 Å². The Morgan fingerprint density at radius 2 is 2.20 bits per heavy atom. The third-order valence-electron chi connectivity index (χ3n) is 3.10. The van der Waals surface area contributed by atoms with Gasteiger partial charge in [-0.2, -0.15) is 0 Å². The Labute approximate surface area is 156 Å². The van der Waals surface area contributed by atoms with E-state index in [2.05, 4.69) is 20.8 Å². The summed E-state index contributed by atoms with van der Waals surface area (Å²) in [5, 5.41) is 15.0. The van der Waals surface area contributed by atoms with Gasteiger partial charge in [0, 0.05) is 18.8 Å². The number of nitrogens with one attached hydrogen (secondary N) is 2. The minimum absolute atomic E-state index is 0.00191. The van der Waals surface area contributed by atoms with Crippen LogP contribution in [0.3, 0.4) is 0 Å². The molecule has 0 radical (unpaired) electrons. The van der Waals surface area contributed by atoms with Crippen LogP contribution in [0.1, 0.15) is 25.8 Å². The molecule has 0 saturated carbocycles. The first-order valence-corrected chi connectivity index (χ1v) is 10.0. The van der Waals surface area contributed by atoms with Crippen LogP contribution in [0.2, 0.25) is 0 Å². The summed E-state index contributed by atoms with van der Waals surface area (Å²) in [7, 11) is 0. The number of hydrogen-bond acceptors (Lipinski definition) is 7. The smallest absolute Gasteiger partial charge is 0.230 e. The number of hydrogen-bond donors (Lipinski definition) is 2. The molecule has 0 fully saturated rings. The Kier molecular flexibility index (Phi) is 8.17. The first-order chi connectivity index (χ1) is 12.0. The number of ether oxygens (including phenoxy) is 1. The maximum absolute atomic E-state index is 11.8. The fourth-order valence-corrected chi connectivity index (χ4v) is 3.56. The standard InChI is InChI=1S/C17H24N4O2S2/c1-12(2)23-9-5-8-18-15(22)11-24-17-21-20-16(25-17)19-14-7-4-6-13(3)10-14/h4,6-7,10,12H,5,8-9,11H2,1-3H3,(H,18,22)(H,19,20). The molecule has 0 atom stereocenters. The van der Waals surface area contributed by atoms with E-state index in [1.807, 2.05) is 45.0 Å². The molecule has 0 unspecified atom stereocenters. The summed E-state index contributed by atoms with van der Waals surface area (Å²) in [5.74, 6) is 0.336. The van der Waals surface area contributed by atoms with Gasteiger partial charge in [0.2, 0.25) is 11.0 Å². The second-order valence-electron chi connectivity index (χ2n) is 5.78. The van der Waals surface area contributed by atoms with Crippen molar-refractivity contribution in [2.24, 2.45) is 0 Å². The SMILES string of the molecule is Cc1cccc(Nc2nnc(SCC(=O)NCCCOC(C)C)s2)c1. The topological polar surface area (TPSA) is 76.1 Å². The van der Waals surface area contributed by atoms with Crippen LogP contribution in [0.25, 0.3) is 0 Å². The Morgan fingerprint density at radius 1 is 1.36 bits per heavy atom. The van der Waals surface area contributed by atoms with Gasteiger partial charge in [0.05, 0.1) is 11.9 Å². The van der Waals surface area contributed by atoms with E-state index in [9.17, 15) is 4.79 Å².